The van der Waals surface area contributed by atoms with Crippen LogP contribution in [0.15, 0.2) is 29.5 Å². The van der Waals surface area contributed by atoms with Gasteiger partial charge in [-0.05, 0) is 18.6 Å². The molecule has 0 aliphatic carbocycles. The fourth-order valence-corrected chi connectivity index (χ4v) is 2.81. The number of hydrogen-bond donors (Lipinski definition) is 2. The van der Waals surface area contributed by atoms with Crippen LogP contribution >= 0.6 is 35.3 Å². The second kappa shape index (κ2) is 11.3. The first-order valence-corrected chi connectivity index (χ1v) is 8.78. The molecule has 27 heavy (non-hydrogen) atoms. The van der Waals surface area contributed by atoms with Gasteiger partial charge in [0.25, 0.3) is 0 Å². The van der Waals surface area contributed by atoms with Crippen LogP contribution in [0.4, 0.5) is 13.2 Å². The van der Waals surface area contributed by atoms with E-state index in [1.54, 1.807) is 18.4 Å². The van der Waals surface area contributed by atoms with Crippen molar-refractivity contribution in [2.24, 2.45) is 4.99 Å². The molecule has 0 fully saturated rings. The molecular weight excluding hydrogens is 494 g/mol. The van der Waals surface area contributed by atoms with Crippen molar-refractivity contribution in [1.82, 2.24) is 20.6 Å². The summed E-state index contributed by atoms with van der Waals surface area (Å²) in [5.41, 5.74) is -0.891. The number of halogens is 4. The van der Waals surface area contributed by atoms with Gasteiger partial charge >= 0.3 is 6.18 Å². The van der Waals surface area contributed by atoms with Crippen molar-refractivity contribution in [3.05, 3.63) is 40.0 Å². The Morgan fingerprint density at radius 3 is 2.70 bits per heavy atom. The number of rotatable bonds is 7. The van der Waals surface area contributed by atoms with E-state index in [9.17, 15) is 13.2 Å². The Hall–Kier alpha value is -1.63. The van der Waals surface area contributed by atoms with E-state index < -0.39 is 17.6 Å². The van der Waals surface area contributed by atoms with Crippen LogP contribution in [0.25, 0.3) is 0 Å². The number of aromatic nitrogens is 2. The molecule has 0 spiro atoms. The highest BCUT2D eigenvalue weighted by atomic mass is 127. The highest BCUT2D eigenvalue weighted by molar-refractivity contribution is 14.0. The number of thiazole rings is 1. The molecule has 2 aromatic rings. The van der Waals surface area contributed by atoms with Gasteiger partial charge in [0, 0.05) is 24.3 Å². The van der Waals surface area contributed by atoms with Gasteiger partial charge in [0.2, 0.25) is 5.88 Å². The first-order valence-electron chi connectivity index (χ1n) is 7.97. The van der Waals surface area contributed by atoms with Gasteiger partial charge < -0.3 is 15.4 Å². The molecule has 0 unspecified atom stereocenters. The van der Waals surface area contributed by atoms with E-state index in [4.69, 9.17) is 4.74 Å². The van der Waals surface area contributed by atoms with Gasteiger partial charge in [-0.1, -0.05) is 6.92 Å². The predicted octanol–water partition coefficient (Wildman–Crippen LogP) is 3.48. The third kappa shape index (κ3) is 7.48. The Kier molecular flexibility index (Phi) is 9.77. The van der Waals surface area contributed by atoms with Crippen LogP contribution in [-0.4, -0.2) is 36.1 Å². The van der Waals surface area contributed by atoms with Crippen molar-refractivity contribution in [3.63, 3.8) is 0 Å². The third-order valence-electron chi connectivity index (χ3n) is 3.29. The molecule has 0 amide bonds. The SMILES string of the molecule is CCc1cnc(CNC(=NC)NCCOc2ncccc2C(F)(F)F)s1.I. The summed E-state index contributed by atoms with van der Waals surface area (Å²) in [7, 11) is 1.61. The van der Waals surface area contributed by atoms with E-state index in [0.717, 1.165) is 17.5 Å². The zero-order chi connectivity index (χ0) is 19.0. The van der Waals surface area contributed by atoms with Gasteiger partial charge in [-0.2, -0.15) is 13.2 Å². The molecule has 2 aromatic heterocycles. The van der Waals surface area contributed by atoms with Crippen LogP contribution in [0.5, 0.6) is 5.88 Å². The molecule has 0 aliphatic rings. The Morgan fingerprint density at radius 2 is 2.07 bits per heavy atom. The van der Waals surface area contributed by atoms with Gasteiger partial charge in [-0.15, -0.1) is 35.3 Å². The van der Waals surface area contributed by atoms with Gasteiger partial charge in [0.15, 0.2) is 5.96 Å². The summed E-state index contributed by atoms with van der Waals surface area (Å²) in [6, 6.07) is 2.16. The van der Waals surface area contributed by atoms with E-state index in [2.05, 4.69) is 32.5 Å². The summed E-state index contributed by atoms with van der Waals surface area (Å²) in [4.78, 5) is 13.2. The van der Waals surface area contributed by atoms with E-state index in [-0.39, 0.29) is 37.1 Å². The Morgan fingerprint density at radius 1 is 1.30 bits per heavy atom. The largest absolute Gasteiger partial charge is 0.475 e. The molecule has 6 nitrogen and oxygen atoms in total. The Balaban J connectivity index is 0.00000364. The standard InChI is InChI=1S/C16H20F3N5OS.HI/c1-3-11-9-23-13(26-11)10-24-15(20-2)22-7-8-25-14-12(16(17,18)19)5-4-6-21-14;/h4-6,9H,3,7-8,10H2,1-2H3,(H2,20,22,24);1H. The lowest BCUT2D eigenvalue weighted by Gasteiger charge is -2.14. The highest BCUT2D eigenvalue weighted by Crippen LogP contribution is 2.34. The maximum Gasteiger partial charge on any atom is 0.421 e. The van der Waals surface area contributed by atoms with Crippen LogP contribution in [0.2, 0.25) is 0 Å². The number of ether oxygens (including phenoxy) is 1. The van der Waals surface area contributed by atoms with Crippen molar-refractivity contribution in [3.8, 4) is 5.88 Å². The third-order valence-corrected chi connectivity index (χ3v) is 4.43. The van der Waals surface area contributed by atoms with Crippen molar-refractivity contribution >= 4 is 41.3 Å². The minimum absolute atomic E-state index is 0. The second-order valence-corrected chi connectivity index (χ2v) is 6.33. The van der Waals surface area contributed by atoms with Crippen LogP contribution < -0.4 is 15.4 Å². The van der Waals surface area contributed by atoms with E-state index >= 15 is 0 Å². The van der Waals surface area contributed by atoms with Crippen molar-refractivity contribution < 1.29 is 17.9 Å². The van der Waals surface area contributed by atoms with Crippen LogP contribution in [0, 0.1) is 0 Å². The number of aliphatic imine (C=N–C) groups is 1. The van der Waals surface area contributed by atoms with E-state index in [1.165, 1.54) is 17.1 Å². The Bertz CT molecular complexity index is 739. The lowest BCUT2D eigenvalue weighted by molar-refractivity contribution is -0.139. The minimum atomic E-state index is -4.50. The fourth-order valence-electron chi connectivity index (χ4n) is 2.01. The summed E-state index contributed by atoms with van der Waals surface area (Å²) < 4.78 is 43.7. The molecule has 2 rings (SSSR count). The molecule has 0 saturated carbocycles. The molecule has 0 saturated heterocycles. The van der Waals surface area contributed by atoms with Crippen LogP contribution in [0.1, 0.15) is 22.4 Å². The molecule has 150 valence electrons. The predicted molar refractivity (Wildman–Crippen MR) is 110 cm³/mol. The van der Waals surface area contributed by atoms with Crippen molar-refractivity contribution in [2.75, 3.05) is 20.2 Å². The molecule has 0 radical (unpaired) electrons. The molecule has 11 heteroatoms. The summed E-state index contributed by atoms with van der Waals surface area (Å²) >= 11 is 1.62. The van der Waals surface area contributed by atoms with Gasteiger partial charge in [-0.25, -0.2) is 9.97 Å². The number of guanidine groups is 1. The molecular formula is C16H21F3IN5OS. The second-order valence-electron chi connectivity index (χ2n) is 5.13. The summed E-state index contributed by atoms with van der Waals surface area (Å²) in [6.07, 6.45) is -0.455. The minimum Gasteiger partial charge on any atom is -0.475 e. The topological polar surface area (TPSA) is 71.4 Å². The average molecular weight is 515 g/mol. The molecule has 0 atom stereocenters. The van der Waals surface area contributed by atoms with Crippen molar-refractivity contribution in [1.29, 1.82) is 0 Å². The molecule has 2 heterocycles. The number of alkyl halides is 3. The summed E-state index contributed by atoms with van der Waals surface area (Å²) in [5, 5.41) is 7.00. The lowest BCUT2D eigenvalue weighted by atomic mass is 10.2. The number of pyridine rings is 1. The number of aryl methyl sites for hydroxylation is 1. The Labute approximate surface area is 176 Å². The number of nitrogens with one attached hydrogen (secondary N) is 2. The molecule has 2 N–H and O–H groups in total. The van der Waals surface area contributed by atoms with Crippen molar-refractivity contribution in [2.45, 2.75) is 26.1 Å². The maximum absolute atomic E-state index is 12.9. The quantitative estimate of drug-likeness (QED) is 0.256. The monoisotopic (exact) mass is 515 g/mol. The zero-order valence-electron chi connectivity index (χ0n) is 14.8. The molecule has 0 bridgehead atoms. The smallest absolute Gasteiger partial charge is 0.421 e. The van der Waals surface area contributed by atoms with E-state index in [1.807, 2.05) is 6.20 Å². The van der Waals surface area contributed by atoms with Gasteiger partial charge in [-0.3, -0.25) is 4.99 Å². The van der Waals surface area contributed by atoms with Crippen LogP contribution in [-0.2, 0) is 19.1 Å². The number of nitrogens with zero attached hydrogens (tertiary/aromatic N) is 3. The summed E-state index contributed by atoms with van der Waals surface area (Å²) in [5.74, 6) is 0.0820. The van der Waals surface area contributed by atoms with Gasteiger partial charge in [0.1, 0.15) is 17.2 Å². The lowest BCUT2D eigenvalue weighted by Crippen LogP contribution is -2.38. The number of hydrogen-bond acceptors (Lipinski definition) is 5. The molecule has 0 aromatic carbocycles. The molecule has 0 aliphatic heterocycles. The maximum atomic E-state index is 12.9. The fraction of sp³-hybridized carbons (Fsp3) is 0.438. The average Bonchev–Trinajstić information content (AvgIpc) is 3.08. The highest BCUT2D eigenvalue weighted by Gasteiger charge is 2.34. The van der Waals surface area contributed by atoms with E-state index in [0.29, 0.717) is 12.5 Å². The van der Waals surface area contributed by atoms with Gasteiger partial charge in [0.05, 0.1) is 13.1 Å². The van der Waals surface area contributed by atoms with Crippen LogP contribution in [0.3, 0.4) is 0 Å². The normalized spacial score (nSPS) is 11.7. The zero-order valence-corrected chi connectivity index (χ0v) is 18.0. The first-order chi connectivity index (χ1) is 12.4. The first kappa shape index (κ1) is 23.4. The summed E-state index contributed by atoms with van der Waals surface area (Å²) in [6.45, 7) is 2.87.